The van der Waals surface area contributed by atoms with Crippen LogP contribution in [0.15, 0.2) is 36.7 Å². The van der Waals surface area contributed by atoms with E-state index in [0.29, 0.717) is 10.7 Å². The zero-order chi connectivity index (χ0) is 16.8. The van der Waals surface area contributed by atoms with Gasteiger partial charge in [0.15, 0.2) is 0 Å². The summed E-state index contributed by atoms with van der Waals surface area (Å²) in [6, 6.07) is 6.34. The molecule has 0 aliphatic rings. The summed E-state index contributed by atoms with van der Waals surface area (Å²) in [6.07, 6.45) is 2.90. The lowest BCUT2D eigenvalue weighted by atomic mass is 10.0. The molecule has 0 saturated carbocycles. The lowest BCUT2D eigenvalue weighted by Crippen LogP contribution is -2.31. The van der Waals surface area contributed by atoms with Crippen LogP contribution >= 0.6 is 11.6 Å². The van der Waals surface area contributed by atoms with Crippen LogP contribution in [0, 0.1) is 6.92 Å². The van der Waals surface area contributed by atoms with Crippen LogP contribution in [0.5, 0.6) is 0 Å². The van der Waals surface area contributed by atoms with Crippen molar-refractivity contribution < 1.29 is 14.3 Å². The van der Waals surface area contributed by atoms with E-state index in [1.54, 1.807) is 31.2 Å². The van der Waals surface area contributed by atoms with Crippen molar-refractivity contribution in [2.75, 3.05) is 7.11 Å². The first-order chi connectivity index (χ1) is 11.0. The second kappa shape index (κ2) is 7.69. The highest BCUT2D eigenvalue weighted by Gasteiger charge is 2.20. The summed E-state index contributed by atoms with van der Waals surface area (Å²) in [5.41, 5.74) is 1.64. The highest BCUT2D eigenvalue weighted by molar-refractivity contribution is 6.30. The number of ether oxygens (including phenoxy) is 1. The molecule has 0 aliphatic carbocycles. The lowest BCUT2D eigenvalue weighted by molar-refractivity contribution is -0.141. The summed E-state index contributed by atoms with van der Waals surface area (Å²) in [7, 11) is 1.30. The number of amides is 1. The van der Waals surface area contributed by atoms with Gasteiger partial charge in [-0.1, -0.05) is 23.7 Å². The Morgan fingerprint density at radius 3 is 2.48 bits per heavy atom. The number of aryl methyl sites for hydroxylation is 1. The average Bonchev–Trinajstić information content (AvgIpc) is 2.55. The SMILES string of the molecule is COC(=O)CC(NC(=O)c1cnc(C)cn1)c1ccc(Cl)cc1. The molecule has 1 N–H and O–H groups in total. The third kappa shape index (κ3) is 4.75. The summed E-state index contributed by atoms with van der Waals surface area (Å²) in [6.45, 7) is 1.78. The first kappa shape index (κ1) is 16.9. The minimum atomic E-state index is -0.546. The van der Waals surface area contributed by atoms with Crippen LogP contribution < -0.4 is 5.32 Å². The molecule has 6 nitrogen and oxygen atoms in total. The van der Waals surface area contributed by atoms with E-state index in [1.165, 1.54) is 19.5 Å². The highest BCUT2D eigenvalue weighted by atomic mass is 35.5. The quantitative estimate of drug-likeness (QED) is 0.850. The minimum Gasteiger partial charge on any atom is -0.469 e. The van der Waals surface area contributed by atoms with Gasteiger partial charge in [-0.15, -0.1) is 0 Å². The minimum absolute atomic E-state index is 0.00314. The smallest absolute Gasteiger partial charge is 0.307 e. The number of hydrogen-bond donors (Lipinski definition) is 1. The van der Waals surface area contributed by atoms with Gasteiger partial charge < -0.3 is 10.1 Å². The Morgan fingerprint density at radius 1 is 1.22 bits per heavy atom. The molecule has 7 heteroatoms. The zero-order valence-corrected chi connectivity index (χ0v) is 13.5. The van der Waals surface area contributed by atoms with E-state index in [2.05, 4.69) is 20.0 Å². The van der Waals surface area contributed by atoms with Crippen LogP contribution in [0.3, 0.4) is 0 Å². The number of carbonyl (C=O) groups is 2. The van der Waals surface area contributed by atoms with Gasteiger partial charge in [0.25, 0.3) is 5.91 Å². The lowest BCUT2D eigenvalue weighted by Gasteiger charge is -2.18. The Balaban J connectivity index is 2.19. The summed E-state index contributed by atoms with van der Waals surface area (Å²) < 4.78 is 4.68. The van der Waals surface area contributed by atoms with Crippen LogP contribution in [0.4, 0.5) is 0 Å². The van der Waals surface area contributed by atoms with Crippen molar-refractivity contribution in [3.05, 3.63) is 58.6 Å². The van der Waals surface area contributed by atoms with E-state index in [1.807, 2.05) is 0 Å². The number of nitrogens with one attached hydrogen (secondary N) is 1. The molecule has 1 atom stereocenters. The number of benzene rings is 1. The van der Waals surface area contributed by atoms with Gasteiger partial charge in [-0.05, 0) is 24.6 Å². The van der Waals surface area contributed by atoms with Crippen molar-refractivity contribution in [3.63, 3.8) is 0 Å². The summed E-state index contributed by atoms with van der Waals surface area (Å²) in [5, 5.41) is 3.34. The molecule has 1 aromatic carbocycles. The predicted molar refractivity (Wildman–Crippen MR) is 85.1 cm³/mol. The molecule has 0 radical (unpaired) electrons. The number of hydrogen-bond acceptors (Lipinski definition) is 5. The molecule has 0 bridgehead atoms. The van der Waals surface area contributed by atoms with Crippen molar-refractivity contribution in [2.45, 2.75) is 19.4 Å². The molecule has 0 saturated heterocycles. The summed E-state index contributed by atoms with van der Waals surface area (Å²) in [4.78, 5) is 31.9. The number of aromatic nitrogens is 2. The summed E-state index contributed by atoms with van der Waals surface area (Å²) >= 11 is 5.87. The van der Waals surface area contributed by atoms with E-state index in [0.717, 1.165) is 5.56 Å². The number of nitrogens with zero attached hydrogens (tertiary/aromatic N) is 2. The van der Waals surface area contributed by atoms with Crippen LogP contribution in [0.1, 0.15) is 34.2 Å². The standard InChI is InChI=1S/C16H16ClN3O3/c1-10-8-19-14(9-18-10)16(22)20-13(7-15(21)23-2)11-3-5-12(17)6-4-11/h3-6,8-9,13H,7H2,1-2H3,(H,20,22). The van der Waals surface area contributed by atoms with Gasteiger partial charge in [-0.2, -0.15) is 0 Å². The Kier molecular flexibility index (Phi) is 5.65. The molecule has 0 spiro atoms. The Hall–Kier alpha value is -2.47. The molecule has 2 rings (SSSR count). The van der Waals surface area contributed by atoms with Gasteiger partial charge >= 0.3 is 5.97 Å². The molecule has 1 heterocycles. The molecule has 0 fully saturated rings. The maximum atomic E-state index is 12.3. The maximum absolute atomic E-state index is 12.3. The molecule has 1 amide bonds. The Morgan fingerprint density at radius 2 is 1.91 bits per heavy atom. The van der Waals surface area contributed by atoms with Gasteiger partial charge in [0, 0.05) is 11.2 Å². The molecule has 120 valence electrons. The molecule has 23 heavy (non-hydrogen) atoms. The van der Waals surface area contributed by atoms with E-state index in [4.69, 9.17) is 11.6 Å². The van der Waals surface area contributed by atoms with Gasteiger partial charge in [0.1, 0.15) is 5.69 Å². The fourth-order valence-corrected chi connectivity index (χ4v) is 2.07. The molecule has 1 unspecified atom stereocenters. The highest BCUT2D eigenvalue weighted by Crippen LogP contribution is 2.20. The van der Waals surface area contributed by atoms with Gasteiger partial charge in [0.05, 0.1) is 31.5 Å². The van der Waals surface area contributed by atoms with Crippen molar-refractivity contribution in [3.8, 4) is 0 Å². The third-order valence-electron chi connectivity index (χ3n) is 3.19. The zero-order valence-electron chi connectivity index (χ0n) is 12.7. The average molecular weight is 334 g/mol. The second-order valence-corrected chi connectivity index (χ2v) is 5.34. The maximum Gasteiger partial charge on any atom is 0.307 e. The third-order valence-corrected chi connectivity index (χ3v) is 3.44. The van der Waals surface area contributed by atoms with Crippen LogP contribution in [0.25, 0.3) is 0 Å². The van der Waals surface area contributed by atoms with Gasteiger partial charge in [0.2, 0.25) is 0 Å². The predicted octanol–water partition coefficient (Wildman–Crippen LogP) is 2.47. The largest absolute Gasteiger partial charge is 0.469 e. The number of methoxy groups -OCH3 is 1. The Labute approximate surface area is 138 Å². The Bertz CT molecular complexity index is 687. The second-order valence-electron chi connectivity index (χ2n) is 4.90. The number of halogens is 1. The molecule has 2 aromatic rings. The first-order valence-corrected chi connectivity index (χ1v) is 7.29. The van der Waals surface area contributed by atoms with Crippen LogP contribution in [-0.2, 0) is 9.53 Å². The monoisotopic (exact) mass is 333 g/mol. The van der Waals surface area contributed by atoms with Crippen LogP contribution in [0.2, 0.25) is 5.02 Å². The van der Waals surface area contributed by atoms with E-state index in [9.17, 15) is 9.59 Å². The van der Waals surface area contributed by atoms with Crippen molar-refractivity contribution in [1.82, 2.24) is 15.3 Å². The van der Waals surface area contributed by atoms with Gasteiger partial charge in [-0.3, -0.25) is 14.6 Å². The number of esters is 1. The number of carbonyl (C=O) groups excluding carboxylic acids is 2. The van der Waals surface area contributed by atoms with E-state index < -0.39 is 17.9 Å². The van der Waals surface area contributed by atoms with Crippen molar-refractivity contribution in [1.29, 1.82) is 0 Å². The molecule has 0 aliphatic heterocycles. The fraction of sp³-hybridized carbons (Fsp3) is 0.250. The fourth-order valence-electron chi connectivity index (χ4n) is 1.94. The summed E-state index contributed by atoms with van der Waals surface area (Å²) in [5.74, 6) is -0.846. The number of rotatable bonds is 5. The molecule has 1 aromatic heterocycles. The first-order valence-electron chi connectivity index (χ1n) is 6.91. The van der Waals surface area contributed by atoms with Crippen molar-refractivity contribution in [2.24, 2.45) is 0 Å². The molecular weight excluding hydrogens is 318 g/mol. The topological polar surface area (TPSA) is 81.2 Å². The van der Waals surface area contributed by atoms with Gasteiger partial charge in [-0.25, -0.2) is 4.98 Å². The van der Waals surface area contributed by atoms with Crippen molar-refractivity contribution >= 4 is 23.5 Å². The molecular formula is C16H16ClN3O3. The normalized spacial score (nSPS) is 11.6. The van der Waals surface area contributed by atoms with Crippen LogP contribution in [-0.4, -0.2) is 29.0 Å². The van der Waals surface area contributed by atoms with E-state index >= 15 is 0 Å². The van der Waals surface area contributed by atoms with E-state index in [-0.39, 0.29) is 12.1 Å².